The number of rotatable bonds is 6. The Balaban J connectivity index is 2.03. The van der Waals surface area contributed by atoms with Gasteiger partial charge in [-0.3, -0.25) is 4.99 Å². The normalized spacial score (nSPS) is 12.0. The predicted molar refractivity (Wildman–Crippen MR) is 89.9 cm³/mol. The van der Waals surface area contributed by atoms with E-state index in [1.807, 2.05) is 24.3 Å². The molecule has 8 heteroatoms. The van der Waals surface area contributed by atoms with Crippen molar-refractivity contribution in [3.05, 3.63) is 59.9 Å². The van der Waals surface area contributed by atoms with Crippen LogP contribution in [0.4, 0.5) is 4.39 Å². The van der Waals surface area contributed by atoms with Gasteiger partial charge in [0.05, 0.1) is 7.11 Å². The third-order valence-corrected chi connectivity index (χ3v) is 4.61. The first-order valence-corrected chi connectivity index (χ1v) is 8.61. The third-order valence-electron chi connectivity index (χ3n) is 3.22. The van der Waals surface area contributed by atoms with Gasteiger partial charge in [-0.2, -0.15) is 0 Å². The number of methoxy groups -OCH3 is 1. The average molecular weight is 351 g/mol. The van der Waals surface area contributed by atoms with Gasteiger partial charge in [-0.25, -0.2) is 17.5 Å². The average Bonchev–Trinajstić information content (AvgIpc) is 2.55. The second kappa shape index (κ2) is 7.78. The van der Waals surface area contributed by atoms with Gasteiger partial charge in [-0.1, -0.05) is 30.3 Å². The van der Waals surface area contributed by atoms with Gasteiger partial charge in [0.2, 0.25) is 5.96 Å². The molecule has 0 saturated carbocycles. The van der Waals surface area contributed by atoms with Crippen LogP contribution < -0.4 is 15.2 Å². The molecule has 0 amide bonds. The molecule has 0 aliphatic heterocycles. The van der Waals surface area contributed by atoms with Crippen molar-refractivity contribution in [3.63, 3.8) is 0 Å². The van der Waals surface area contributed by atoms with Crippen LogP contribution in [0.3, 0.4) is 0 Å². The lowest BCUT2D eigenvalue weighted by atomic mass is 10.1. The maximum atomic E-state index is 13.6. The Morgan fingerprint density at radius 2 is 1.88 bits per heavy atom. The first-order chi connectivity index (χ1) is 11.4. The van der Waals surface area contributed by atoms with Crippen molar-refractivity contribution in [1.82, 2.24) is 4.72 Å². The minimum absolute atomic E-state index is 0.256. The summed E-state index contributed by atoms with van der Waals surface area (Å²) >= 11 is 0. The summed E-state index contributed by atoms with van der Waals surface area (Å²) in [5.41, 5.74) is 6.51. The van der Waals surface area contributed by atoms with E-state index in [2.05, 4.69) is 9.71 Å². The van der Waals surface area contributed by atoms with Crippen molar-refractivity contribution in [3.8, 4) is 5.75 Å². The topological polar surface area (TPSA) is 93.8 Å². The molecular weight excluding hydrogens is 333 g/mol. The zero-order valence-corrected chi connectivity index (χ0v) is 13.9. The summed E-state index contributed by atoms with van der Waals surface area (Å²) in [5, 5.41) is 0. The maximum Gasteiger partial charge on any atom is 0.267 e. The Bertz CT molecular complexity index is 838. The smallest absolute Gasteiger partial charge is 0.267 e. The quantitative estimate of drug-likeness (QED) is 0.611. The van der Waals surface area contributed by atoms with Gasteiger partial charge in [0.1, 0.15) is 16.5 Å². The highest BCUT2D eigenvalue weighted by atomic mass is 32.2. The lowest BCUT2D eigenvalue weighted by Crippen LogP contribution is -2.37. The van der Waals surface area contributed by atoms with E-state index in [-0.39, 0.29) is 12.5 Å². The van der Waals surface area contributed by atoms with E-state index >= 15 is 0 Å². The standard InChI is InChI=1S/C16H18FN3O3S/c1-23-14-8-4-2-6-12(14)10-11-19-16(18)20-24(21,22)15-9-5-3-7-13(15)17/h2-9H,10-11H2,1H3,(H3,18,19,20). The Morgan fingerprint density at radius 1 is 1.21 bits per heavy atom. The Hall–Kier alpha value is -2.61. The van der Waals surface area contributed by atoms with Crippen molar-refractivity contribution >= 4 is 16.0 Å². The molecule has 3 N–H and O–H groups in total. The van der Waals surface area contributed by atoms with E-state index in [9.17, 15) is 12.8 Å². The summed E-state index contributed by atoms with van der Waals surface area (Å²) in [6.45, 7) is 0.256. The zero-order chi connectivity index (χ0) is 17.6. The van der Waals surface area contributed by atoms with Crippen LogP contribution >= 0.6 is 0 Å². The van der Waals surface area contributed by atoms with Crippen LogP contribution in [0, 0.1) is 5.82 Å². The number of para-hydroxylation sites is 1. The molecule has 0 fully saturated rings. The molecule has 0 radical (unpaired) electrons. The summed E-state index contributed by atoms with van der Waals surface area (Å²) in [5.74, 6) is -0.432. The van der Waals surface area contributed by atoms with Gasteiger partial charge in [-0.15, -0.1) is 0 Å². The lowest BCUT2D eigenvalue weighted by molar-refractivity contribution is 0.410. The van der Waals surface area contributed by atoms with E-state index in [1.54, 1.807) is 7.11 Å². The van der Waals surface area contributed by atoms with Crippen LogP contribution in [-0.4, -0.2) is 28.0 Å². The largest absolute Gasteiger partial charge is 0.496 e. The van der Waals surface area contributed by atoms with E-state index in [0.717, 1.165) is 23.4 Å². The first-order valence-electron chi connectivity index (χ1n) is 7.13. The molecular formula is C16H18FN3O3S. The third kappa shape index (κ3) is 4.45. The molecule has 0 unspecified atom stereocenters. The minimum atomic E-state index is -4.10. The van der Waals surface area contributed by atoms with E-state index in [4.69, 9.17) is 10.5 Å². The summed E-state index contributed by atoms with van der Waals surface area (Å²) in [4.78, 5) is 3.48. The fourth-order valence-electron chi connectivity index (χ4n) is 2.09. The highest BCUT2D eigenvalue weighted by molar-refractivity contribution is 7.90. The number of halogens is 1. The molecule has 24 heavy (non-hydrogen) atoms. The van der Waals surface area contributed by atoms with E-state index < -0.39 is 20.7 Å². The number of nitrogens with zero attached hydrogens (tertiary/aromatic N) is 1. The monoisotopic (exact) mass is 351 g/mol. The number of guanidine groups is 1. The number of aliphatic imine (C=N–C) groups is 1. The number of ether oxygens (including phenoxy) is 1. The van der Waals surface area contributed by atoms with E-state index in [1.165, 1.54) is 12.1 Å². The van der Waals surface area contributed by atoms with Gasteiger partial charge in [0.25, 0.3) is 10.0 Å². The molecule has 0 aliphatic rings. The molecule has 0 saturated heterocycles. The predicted octanol–water partition coefficient (Wildman–Crippen LogP) is 1.67. The van der Waals surface area contributed by atoms with Crippen molar-refractivity contribution < 1.29 is 17.5 Å². The maximum absolute atomic E-state index is 13.6. The molecule has 128 valence electrons. The Morgan fingerprint density at radius 3 is 2.58 bits per heavy atom. The van der Waals surface area contributed by atoms with Crippen molar-refractivity contribution in [1.29, 1.82) is 0 Å². The number of benzene rings is 2. The summed E-state index contributed by atoms with van der Waals surface area (Å²) in [7, 11) is -2.54. The Labute approximate surface area is 140 Å². The second-order valence-corrected chi connectivity index (χ2v) is 6.52. The van der Waals surface area contributed by atoms with Crippen LogP contribution in [0.15, 0.2) is 58.4 Å². The lowest BCUT2D eigenvalue weighted by Gasteiger charge is -2.09. The molecule has 6 nitrogen and oxygen atoms in total. The number of hydrogen-bond donors (Lipinski definition) is 2. The molecule has 2 rings (SSSR count). The molecule has 0 spiro atoms. The van der Waals surface area contributed by atoms with Crippen molar-refractivity contribution in [2.75, 3.05) is 13.7 Å². The van der Waals surface area contributed by atoms with Crippen LogP contribution in [0.1, 0.15) is 5.56 Å². The second-order valence-electron chi connectivity index (χ2n) is 4.86. The molecule has 0 aromatic heterocycles. The SMILES string of the molecule is COc1ccccc1CCN=C(N)NS(=O)(=O)c1ccccc1F. The van der Waals surface area contributed by atoms with Crippen LogP contribution in [0.5, 0.6) is 5.75 Å². The van der Waals surface area contributed by atoms with Gasteiger partial charge in [0.15, 0.2) is 0 Å². The van der Waals surface area contributed by atoms with Crippen LogP contribution in [0.2, 0.25) is 0 Å². The fraction of sp³-hybridized carbons (Fsp3) is 0.188. The molecule has 0 aliphatic carbocycles. The van der Waals surface area contributed by atoms with Gasteiger partial charge < -0.3 is 10.5 Å². The van der Waals surface area contributed by atoms with Crippen LogP contribution in [-0.2, 0) is 16.4 Å². The van der Waals surface area contributed by atoms with Crippen LogP contribution in [0.25, 0.3) is 0 Å². The summed E-state index contributed by atoms with van der Waals surface area (Å²) < 4.78 is 45.0. The first kappa shape index (κ1) is 17.7. The highest BCUT2D eigenvalue weighted by Crippen LogP contribution is 2.17. The number of hydrogen-bond acceptors (Lipinski definition) is 4. The summed E-state index contributed by atoms with van der Waals surface area (Å²) in [6.07, 6.45) is 0.520. The fourth-order valence-corrected chi connectivity index (χ4v) is 3.13. The molecule has 2 aromatic rings. The number of sulfonamides is 1. The van der Waals surface area contributed by atoms with E-state index in [0.29, 0.717) is 6.42 Å². The summed E-state index contributed by atoms with van der Waals surface area (Å²) in [6, 6.07) is 12.5. The van der Waals surface area contributed by atoms with Gasteiger partial charge in [0, 0.05) is 6.54 Å². The molecule has 2 aromatic carbocycles. The number of nitrogens with one attached hydrogen (secondary N) is 1. The minimum Gasteiger partial charge on any atom is -0.496 e. The van der Waals surface area contributed by atoms with Crippen molar-refractivity contribution in [2.24, 2.45) is 10.7 Å². The van der Waals surface area contributed by atoms with Crippen molar-refractivity contribution in [2.45, 2.75) is 11.3 Å². The molecule has 0 atom stereocenters. The molecule has 0 bridgehead atoms. The molecule has 0 heterocycles. The highest BCUT2D eigenvalue weighted by Gasteiger charge is 2.19. The van der Waals surface area contributed by atoms with Gasteiger partial charge in [-0.05, 0) is 30.2 Å². The number of nitrogens with two attached hydrogens (primary N) is 1. The van der Waals surface area contributed by atoms with Gasteiger partial charge >= 0.3 is 0 Å². The Kier molecular flexibility index (Phi) is 5.75. The zero-order valence-electron chi connectivity index (χ0n) is 13.1.